The highest BCUT2D eigenvalue weighted by Crippen LogP contribution is 2.41. The van der Waals surface area contributed by atoms with Crippen molar-refractivity contribution in [3.63, 3.8) is 0 Å². The Bertz CT molecular complexity index is 1050. The zero-order valence-corrected chi connectivity index (χ0v) is 20.0. The molecule has 186 valence electrons. The van der Waals surface area contributed by atoms with Gasteiger partial charge in [0.05, 0.1) is 25.7 Å². The summed E-state index contributed by atoms with van der Waals surface area (Å²) >= 11 is 0. The summed E-state index contributed by atoms with van der Waals surface area (Å²) < 4.78 is 24.0. The van der Waals surface area contributed by atoms with E-state index >= 15 is 0 Å². The van der Waals surface area contributed by atoms with E-state index in [1.807, 2.05) is 0 Å². The van der Waals surface area contributed by atoms with Crippen molar-refractivity contribution in [3.8, 4) is 5.75 Å². The molecule has 0 aromatic heterocycles. The number of hydrogen-bond donors (Lipinski definition) is 0. The first-order chi connectivity index (χ1) is 16.9. The third-order valence-corrected chi connectivity index (χ3v) is 6.59. The molecule has 2 aliphatic heterocycles. The van der Waals surface area contributed by atoms with Gasteiger partial charge in [-0.25, -0.2) is 9.18 Å². The molecular weight excluding hydrogens is 453 g/mol. The van der Waals surface area contributed by atoms with Crippen molar-refractivity contribution in [1.82, 2.24) is 9.80 Å². The van der Waals surface area contributed by atoms with Crippen molar-refractivity contribution in [1.29, 1.82) is 0 Å². The van der Waals surface area contributed by atoms with Crippen LogP contribution < -0.4 is 9.64 Å². The summed E-state index contributed by atoms with van der Waals surface area (Å²) in [6.45, 7) is 3.61. The number of benzene rings is 2. The van der Waals surface area contributed by atoms with Gasteiger partial charge in [-0.2, -0.15) is 0 Å². The summed E-state index contributed by atoms with van der Waals surface area (Å²) in [5, 5.41) is 0. The second-order valence-corrected chi connectivity index (χ2v) is 8.61. The molecule has 8 nitrogen and oxygen atoms in total. The highest BCUT2D eigenvalue weighted by molar-refractivity contribution is 5.97. The molecule has 0 saturated carbocycles. The van der Waals surface area contributed by atoms with E-state index in [-0.39, 0.29) is 30.1 Å². The summed E-state index contributed by atoms with van der Waals surface area (Å²) in [7, 11) is 1.57. The zero-order valence-electron chi connectivity index (χ0n) is 20.0. The van der Waals surface area contributed by atoms with Gasteiger partial charge in [0.1, 0.15) is 11.6 Å². The summed E-state index contributed by atoms with van der Waals surface area (Å²) in [6.07, 6.45) is 0.241. The van der Waals surface area contributed by atoms with E-state index in [0.29, 0.717) is 56.2 Å². The molecule has 4 rings (SSSR count). The van der Waals surface area contributed by atoms with E-state index in [2.05, 4.69) is 0 Å². The minimum atomic E-state index is -0.583. The number of nitrogens with zero attached hydrogens (tertiary/aromatic N) is 3. The number of halogens is 1. The Hall–Kier alpha value is -3.62. The fourth-order valence-corrected chi connectivity index (χ4v) is 4.80. The van der Waals surface area contributed by atoms with E-state index in [0.717, 1.165) is 0 Å². The average Bonchev–Trinajstić information content (AvgIpc) is 2.89. The number of amides is 3. The number of carbonyl (C=O) groups excluding carboxylic acids is 3. The molecule has 9 heteroatoms. The maximum atomic E-state index is 13.7. The van der Waals surface area contributed by atoms with Crippen LogP contribution in [0.1, 0.15) is 31.4 Å². The van der Waals surface area contributed by atoms with Crippen molar-refractivity contribution in [2.75, 3.05) is 44.8 Å². The normalized spacial score (nSPS) is 20.5. The van der Waals surface area contributed by atoms with Crippen LogP contribution in [0.3, 0.4) is 0 Å². The fraction of sp³-hybridized carbons (Fsp3) is 0.423. The van der Waals surface area contributed by atoms with Gasteiger partial charge in [-0.3, -0.25) is 9.59 Å². The largest absolute Gasteiger partial charge is 0.497 e. The molecule has 0 unspecified atom stereocenters. The minimum Gasteiger partial charge on any atom is -0.497 e. The Morgan fingerprint density at radius 3 is 2.20 bits per heavy atom. The lowest BCUT2D eigenvalue weighted by molar-refractivity contribution is -0.140. The Kier molecular flexibility index (Phi) is 7.53. The van der Waals surface area contributed by atoms with Gasteiger partial charge in [0.15, 0.2) is 0 Å². The van der Waals surface area contributed by atoms with Gasteiger partial charge in [-0.05, 0) is 55.3 Å². The van der Waals surface area contributed by atoms with Crippen molar-refractivity contribution in [2.24, 2.45) is 5.92 Å². The Morgan fingerprint density at radius 1 is 0.971 bits per heavy atom. The van der Waals surface area contributed by atoms with Crippen molar-refractivity contribution in [3.05, 3.63) is 59.9 Å². The van der Waals surface area contributed by atoms with Gasteiger partial charge in [-0.15, -0.1) is 0 Å². The van der Waals surface area contributed by atoms with Crippen LogP contribution in [0.4, 0.5) is 14.9 Å². The number of piperazine rings is 1. The molecule has 0 bridgehead atoms. The van der Waals surface area contributed by atoms with Gasteiger partial charge in [0.2, 0.25) is 11.8 Å². The number of carbonyl (C=O) groups is 3. The van der Waals surface area contributed by atoms with Gasteiger partial charge in [0, 0.05) is 38.3 Å². The quantitative estimate of drug-likeness (QED) is 0.649. The van der Waals surface area contributed by atoms with E-state index in [9.17, 15) is 18.8 Å². The lowest BCUT2D eigenvalue weighted by Gasteiger charge is -2.43. The molecule has 2 atom stereocenters. The first-order valence-corrected chi connectivity index (χ1v) is 11.8. The van der Waals surface area contributed by atoms with Crippen LogP contribution >= 0.6 is 0 Å². The van der Waals surface area contributed by atoms with Gasteiger partial charge >= 0.3 is 6.09 Å². The van der Waals surface area contributed by atoms with E-state index in [1.165, 1.54) is 12.1 Å². The minimum absolute atomic E-state index is 0.0751. The molecule has 2 aromatic carbocycles. The zero-order chi connectivity index (χ0) is 24.9. The van der Waals surface area contributed by atoms with Gasteiger partial charge in [-0.1, -0.05) is 12.1 Å². The summed E-state index contributed by atoms with van der Waals surface area (Å²) in [4.78, 5) is 43.9. The highest BCUT2D eigenvalue weighted by atomic mass is 19.1. The molecule has 2 aromatic rings. The highest BCUT2D eigenvalue weighted by Gasteiger charge is 2.43. The second kappa shape index (κ2) is 10.8. The standard InChI is InChI=1S/C26H30FN3O5/c1-3-35-26(33)29-16-14-28(15-17-29)25(32)22-12-13-23(31)30(20-8-10-21(34-2)11-9-20)24(22)18-4-6-19(27)7-5-18/h4-11,22,24H,3,12-17H2,1-2H3/t22-,24-/m1/s1. The van der Waals surface area contributed by atoms with Crippen LogP contribution in [0.15, 0.2) is 48.5 Å². The molecule has 0 radical (unpaired) electrons. The van der Waals surface area contributed by atoms with Crippen LogP contribution in [-0.4, -0.2) is 67.6 Å². The number of hydrogen-bond acceptors (Lipinski definition) is 5. The molecule has 0 spiro atoms. The third-order valence-electron chi connectivity index (χ3n) is 6.59. The number of anilines is 1. The molecule has 2 saturated heterocycles. The van der Waals surface area contributed by atoms with Crippen LogP contribution in [0.5, 0.6) is 5.75 Å². The van der Waals surface area contributed by atoms with Crippen LogP contribution in [0.2, 0.25) is 0 Å². The molecule has 35 heavy (non-hydrogen) atoms. The summed E-state index contributed by atoms with van der Waals surface area (Å²) in [6, 6.07) is 12.5. The number of rotatable bonds is 5. The average molecular weight is 484 g/mol. The third kappa shape index (κ3) is 5.23. The lowest BCUT2D eigenvalue weighted by atomic mass is 9.82. The van der Waals surface area contributed by atoms with Crippen LogP contribution in [-0.2, 0) is 14.3 Å². The van der Waals surface area contributed by atoms with E-state index in [4.69, 9.17) is 9.47 Å². The molecule has 2 fully saturated rings. The lowest BCUT2D eigenvalue weighted by Crippen LogP contribution is -2.55. The van der Waals surface area contributed by atoms with Gasteiger partial charge < -0.3 is 24.2 Å². The molecule has 0 aliphatic carbocycles. The monoisotopic (exact) mass is 483 g/mol. The van der Waals surface area contributed by atoms with E-state index < -0.39 is 12.0 Å². The summed E-state index contributed by atoms with van der Waals surface area (Å²) in [5.41, 5.74) is 1.34. The molecule has 2 heterocycles. The fourth-order valence-electron chi connectivity index (χ4n) is 4.80. The maximum Gasteiger partial charge on any atom is 0.409 e. The molecular formula is C26H30FN3O5. The Balaban J connectivity index is 1.62. The van der Waals surface area contributed by atoms with Crippen LogP contribution in [0.25, 0.3) is 0 Å². The van der Waals surface area contributed by atoms with Crippen molar-refractivity contribution < 1.29 is 28.2 Å². The first kappa shape index (κ1) is 24.5. The predicted octanol–water partition coefficient (Wildman–Crippen LogP) is 3.62. The number of methoxy groups -OCH3 is 1. The van der Waals surface area contributed by atoms with E-state index in [1.54, 1.807) is 65.1 Å². The second-order valence-electron chi connectivity index (χ2n) is 8.61. The molecule has 2 aliphatic rings. The topological polar surface area (TPSA) is 79.4 Å². The SMILES string of the molecule is CCOC(=O)N1CCN(C(=O)[C@@H]2CCC(=O)N(c3ccc(OC)cc3)[C@@H]2c2ccc(F)cc2)CC1. The number of ether oxygens (including phenoxy) is 2. The molecule has 3 amide bonds. The number of piperidine rings is 1. The Morgan fingerprint density at radius 2 is 1.60 bits per heavy atom. The molecule has 0 N–H and O–H groups in total. The van der Waals surface area contributed by atoms with Gasteiger partial charge in [0.25, 0.3) is 0 Å². The maximum absolute atomic E-state index is 13.7. The van der Waals surface area contributed by atoms with Crippen molar-refractivity contribution >= 4 is 23.6 Å². The van der Waals surface area contributed by atoms with Crippen molar-refractivity contribution in [2.45, 2.75) is 25.8 Å². The predicted molar refractivity (Wildman–Crippen MR) is 128 cm³/mol. The smallest absolute Gasteiger partial charge is 0.409 e. The van der Waals surface area contributed by atoms with Crippen LogP contribution in [0, 0.1) is 11.7 Å². The first-order valence-electron chi connectivity index (χ1n) is 11.8. The Labute approximate surface area is 204 Å². The summed E-state index contributed by atoms with van der Waals surface area (Å²) in [5.74, 6) is -0.405.